The van der Waals surface area contributed by atoms with Crippen LogP contribution >= 0.6 is 0 Å². The normalized spacial score (nSPS) is 12.5. The van der Waals surface area contributed by atoms with Crippen molar-refractivity contribution < 1.29 is 23.4 Å². The summed E-state index contributed by atoms with van der Waals surface area (Å²) < 4.78 is 28.6. The van der Waals surface area contributed by atoms with Gasteiger partial charge in [-0.2, -0.15) is 0 Å². The van der Waals surface area contributed by atoms with Crippen LogP contribution in [0.25, 0.3) is 0 Å². The summed E-state index contributed by atoms with van der Waals surface area (Å²) in [4.78, 5) is 11.5. The van der Waals surface area contributed by atoms with Gasteiger partial charge in [0.05, 0.1) is 0 Å². The second-order valence-electron chi connectivity index (χ2n) is 8.11. The van der Waals surface area contributed by atoms with Crippen LogP contribution in [0.1, 0.15) is 64.7 Å². The van der Waals surface area contributed by atoms with Gasteiger partial charge in [-0.1, -0.05) is 53.7 Å². The third kappa shape index (κ3) is 5.77. The molecule has 0 heterocycles. The molecular weight excluding hydrogens is 314 g/mol. The zero-order chi connectivity index (χ0) is 18.7. The maximum absolute atomic E-state index is 12.1. The van der Waals surface area contributed by atoms with Crippen molar-refractivity contribution in [2.24, 2.45) is 0 Å². The number of alkyl halides is 2. The fraction of sp³-hybridized carbons (Fsp3) is 0.632. The van der Waals surface area contributed by atoms with Crippen molar-refractivity contribution >= 4 is 5.97 Å². The van der Waals surface area contributed by atoms with E-state index in [0.717, 1.165) is 16.7 Å². The van der Waals surface area contributed by atoms with Crippen molar-refractivity contribution in [2.75, 3.05) is 6.61 Å². The summed E-state index contributed by atoms with van der Waals surface area (Å²) in [5, 5.41) is 10.6. The van der Waals surface area contributed by atoms with Gasteiger partial charge < -0.3 is 9.84 Å². The maximum Gasteiger partial charge on any atom is 0.306 e. The molecule has 1 aromatic carbocycles. The largest absolute Gasteiger partial charge is 0.507 e. The predicted molar refractivity (Wildman–Crippen MR) is 90.8 cm³/mol. The zero-order valence-electron chi connectivity index (χ0n) is 15.4. The van der Waals surface area contributed by atoms with Gasteiger partial charge in [-0.3, -0.25) is 4.79 Å². The van der Waals surface area contributed by atoms with Crippen molar-refractivity contribution in [1.82, 2.24) is 0 Å². The van der Waals surface area contributed by atoms with Gasteiger partial charge >= 0.3 is 5.97 Å². The summed E-state index contributed by atoms with van der Waals surface area (Å²) >= 11 is 0. The lowest BCUT2D eigenvalue weighted by molar-refractivity contribution is -0.147. The topological polar surface area (TPSA) is 46.5 Å². The van der Waals surface area contributed by atoms with Crippen molar-refractivity contribution in [3.05, 3.63) is 28.8 Å². The predicted octanol–water partition coefficient (Wildman–Crippen LogP) is 4.73. The molecule has 0 saturated carbocycles. The fourth-order valence-electron chi connectivity index (χ4n) is 2.46. The number of aromatic hydroxyl groups is 1. The van der Waals surface area contributed by atoms with E-state index in [1.165, 1.54) is 0 Å². The van der Waals surface area contributed by atoms with E-state index < -0.39 is 19.0 Å². The first kappa shape index (κ1) is 20.4. The number of hydrogen-bond acceptors (Lipinski definition) is 3. The molecule has 5 heteroatoms. The Balaban J connectivity index is 3.05. The van der Waals surface area contributed by atoms with E-state index in [0.29, 0.717) is 6.42 Å². The Morgan fingerprint density at radius 3 is 1.92 bits per heavy atom. The lowest BCUT2D eigenvalue weighted by Crippen LogP contribution is -2.18. The minimum atomic E-state index is -2.65. The lowest BCUT2D eigenvalue weighted by atomic mass is 9.78. The average molecular weight is 342 g/mol. The van der Waals surface area contributed by atoms with Crippen molar-refractivity contribution in [3.63, 3.8) is 0 Å². The number of halogens is 2. The summed E-state index contributed by atoms with van der Waals surface area (Å²) in [6, 6.07) is 3.76. The minimum absolute atomic E-state index is 0.0324. The van der Waals surface area contributed by atoms with E-state index in [1.807, 2.05) is 53.7 Å². The number of phenolic OH excluding ortho intramolecular Hbond substituents is 1. The van der Waals surface area contributed by atoms with Gasteiger partial charge in [-0.25, -0.2) is 8.78 Å². The van der Waals surface area contributed by atoms with Crippen LogP contribution in [-0.4, -0.2) is 24.1 Å². The molecule has 0 atom stereocenters. The highest BCUT2D eigenvalue weighted by Crippen LogP contribution is 2.39. The number of rotatable bonds is 5. The van der Waals surface area contributed by atoms with Gasteiger partial charge in [0.15, 0.2) is 6.61 Å². The number of carbonyl (C=O) groups excluding carboxylic acids is 1. The van der Waals surface area contributed by atoms with Crippen LogP contribution in [0, 0.1) is 0 Å². The zero-order valence-corrected chi connectivity index (χ0v) is 15.4. The fourth-order valence-corrected chi connectivity index (χ4v) is 2.46. The molecule has 0 aliphatic heterocycles. The highest BCUT2D eigenvalue weighted by molar-refractivity contribution is 5.69. The van der Waals surface area contributed by atoms with E-state index in [-0.39, 0.29) is 23.0 Å². The molecule has 0 spiro atoms. The molecule has 24 heavy (non-hydrogen) atoms. The van der Waals surface area contributed by atoms with Crippen LogP contribution in [0.15, 0.2) is 12.1 Å². The van der Waals surface area contributed by atoms with Crippen LogP contribution in [0.5, 0.6) is 5.75 Å². The molecule has 0 fully saturated rings. The minimum Gasteiger partial charge on any atom is -0.507 e. The monoisotopic (exact) mass is 342 g/mol. The molecule has 0 radical (unpaired) electrons. The average Bonchev–Trinajstić information content (AvgIpc) is 2.41. The SMILES string of the molecule is CC(C)(C)c1cc(CCC(=O)OCC(F)F)cc(C(C)(C)C)c1O. The molecule has 1 rings (SSSR count). The Hall–Kier alpha value is -1.65. The molecule has 1 aromatic rings. The molecular formula is C19H28F2O3. The molecule has 0 saturated heterocycles. The number of ether oxygens (including phenoxy) is 1. The van der Waals surface area contributed by atoms with Gasteiger partial charge in [0.1, 0.15) is 5.75 Å². The second-order valence-corrected chi connectivity index (χ2v) is 8.11. The number of aryl methyl sites for hydroxylation is 1. The third-order valence-corrected chi connectivity index (χ3v) is 3.77. The molecule has 0 amide bonds. The smallest absolute Gasteiger partial charge is 0.306 e. The summed E-state index contributed by atoms with van der Waals surface area (Å²) in [5.41, 5.74) is 2.00. The van der Waals surface area contributed by atoms with E-state index >= 15 is 0 Å². The first-order valence-electron chi connectivity index (χ1n) is 8.13. The van der Waals surface area contributed by atoms with Gasteiger partial charge in [0.25, 0.3) is 6.43 Å². The van der Waals surface area contributed by atoms with Crippen molar-refractivity contribution in [2.45, 2.75) is 71.6 Å². The number of hydrogen-bond donors (Lipinski definition) is 1. The third-order valence-electron chi connectivity index (χ3n) is 3.77. The quantitative estimate of drug-likeness (QED) is 0.787. The van der Waals surface area contributed by atoms with E-state index in [2.05, 4.69) is 4.74 Å². The van der Waals surface area contributed by atoms with Crippen LogP contribution in [-0.2, 0) is 26.8 Å². The number of phenols is 1. The molecule has 136 valence electrons. The van der Waals surface area contributed by atoms with Gasteiger partial charge in [-0.15, -0.1) is 0 Å². The Labute approximate surface area is 143 Å². The number of esters is 1. The first-order valence-corrected chi connectivity index (χ1v) is 8.13. The molecule has 0 unspecified atom stereocenters. The highest BCUT2D eigenvalue weighted by Gasteiger charge is 2.26. The summed E-state index contributed by atoms with van der Waals surface area (Å²) in [5.74, 6) is -0.364. The van der Waals surface area contributed by atoms with Crippen LogP contribution in [0.3, 0.4) is 0 Å². The summed E-state index contributed by atoms with van der Waals surface area (Å²) in [6.45, 7) is 11.2. The Morgan fingerprint density at radius 1 is 1.08 bits per heavy atom. The van der Waals surface area contributed by atoms with Crippen molar-refractivity contribution in [1.29, 1.82) is 0 Å². The number of carbonyl (C=O) groups is 1. The van der Waals surface area contributed by atoms with E-state index in [1.54, 1.807) is 0 Å². The molecule has 0 aliphatic rings. The first-order chi connectivity index (χ1) is 10.8. The molecule has 0 aliphatic carbocycles. The Morgan fingerprint density at radius 2 is 1.54 bits per heavy atom. The van der Waals surface area contributed by atoms with Gasteiger partial charge in [-0.05, 0) is 33.9 Å². The van der Waals surface area contributed by atoms with E-state index in [4.69, 9.17) is 0 Å². The summed E-state index contributed by atoms with van der Waals surface area (Å²) in [7, 11) is 0. The molecule has 0 bridgehead atoms. The van der Waals surface area contributed by atoms with Gasteiger partial charge in [0.2, 0.25) is 0 Å². The standard InChI is InChI=1S/C19H28F2O3/c1-18(2,3)13-9-12(7-8-16(22)24-11-15(20)21)10-14(17(13)23)19(4,5)6/h9-10,15,23H,7-8,11H2,1-6H3. The Bertz CT molecular complexity index is 546. The van der Waals surface area contributed by atoms with Crippen LogP contribution in [0.4, 0.5) is 8.78 Å². The molecule has 0 aromatic heterocycles. The maximum atomic E-state index is 12.1. The second kappa shape index (κ2) is 7.49. The van der Waals surface area contributed by atoms with Crippen LogP contribution < -0.4 is 0 Å². The Kier molecular flexibility index (Phi) is 6.37. The highest BCUT2D eigenvalue weighted by atomic mass is 19.3. The molecule has 1 N–H and O–H groups in total. The van der Waals surface area contributed by atoms with Crippen LogP contribution in [0.2, 0.25) is 0 Å². The van der Waals surface area contributed by atoms with E-state index in [9.17, 15) is 18.7 Å². The van der Waals surface area contributed by atoms with Crippen molar-refractivity contribution in [3.8, 4) is 5.75 Å². The lowest BCUT2D eigenvalue weighted by Gasteiger charge is -2.28. The molecule has 3 nitrogen and oxygen atoms in total. The summed E-state index contributed by atoms with van der Waals surface area (Å²) in [6.07, 6.45) is -2.23. The van der Waals surface area contributed by atoms with Gasteiger partial charge in [0, 0.05) is 6.42 Å². The number of benzene rings is 1.